The van der Waals surface area contributed by atoms with Gasteiger partial charge in [-0.25, -0.2) is 0 Å². The normalized spacial score (nSPS) is 11.3. The van der Waals surface area contributed by atoms with E-state index in [2.05, 4.69) is 36.2 Å². The van der Waals surface area contributed by atoms with Gasteiger partial charge >= 0.3 is 131 Å². The van der Waals surface area contributed by atoms with Gasteiger partial charge in [-0.15, -0.1) is 0 Å². The molecule has 0 aromatic carbocycles. The molecule has 0 aliphatic heterocycles. The molecule has 0 saturated heterocycles. The molecular weight excluding hydrogens is 369 g/mol. The standard InChI is InChI=1S/C13H14N3O.3CH3.Sn/c1-3-17-11-7-5-9-14-13(11)16-12-8-4-6-10(2)15-12;;;;/h4,6-9H,3H2,1-2H3,(H,14,15,16);3*1H3;. The van der Waals surface area contributed by atoms with Crippen molar-refractivity contribution in [3.05, 3.63) is 36.2 Å². The van der Waals surface area contributed by atoms with Gasteiger partial charge in [-0.05, 0) is 0 Å². The van der Waals surface area contributed by atoms with Crippen molar-refractivity contribution < 1.29 is 4.74 Å². The fraction of sp³-hybridized carbons (Fsp3) is 0.375. The summed E-state index contributed by atoms with van der Waals surface area (Å²) in [6, 6.07) is 8.02. The second-order valence-corrected chi connectivity index (χ2v) is 20.5. The van der Waals surface area contributed by atoms with Crippen molar-refractivity contribution in [1.82, 2.24) is 9.97 Å². The van der Waals surface area contributed by atoms with Crippen LogP contribution >= 0.6 is 0 Å². The van der Waals surface area contributed by atoms with Gasteiger partial charge in [-0.1, -0.05) is 0 Å². The van der Waals surface area contributed by atoms with Crippen LogP contribution in [0.4, 0.5) is 11.6 Å². The van der Waals surface area contributed by atoms with Gasteiger partial charge in [0.1, 0.15) is 0 Å². The zero-order valence-electron chi connectivity index (χ0n) is 13.4. The average Bonchev–Trinajstić information content (AvgIpc) is 2.40. The number of aryl methyl sites for hydroxylation is 1. The average molecular weight is 392 g/mol. The summed E-state index contributed by atoms with van der Waals surface area (Å²) in [7, 11) is 0. The molecule has 2 heterocycles. The number of pyridine rings is 2. The molecule has 0 amide bonds. The van der Waals surface area contributed by atoms with Crippen LogP contribution in [0.3, 0.4) is 0 Å². The predicted octanol–water partition coefficient (Wildman–Crippen LogP) is 3.47. The Hall–Kier alpha value is -1.30. The fourth-order valence-corrected chi connectivity index (χ4v) is 4.85. The van der Waals surface area contributed by atoms with Gasteiger partial charge in [0.05, 0.1) is 0 Å². The van der Waals surface area contributed by atoms with Crippen LogP contribution in [0.15, 0.2) is 30.5 Å². The topological polar surface area (TPSA) is 47.0 Å². The summed E-state index contributed by atoms with van der Waals surface area (Å²) in [5.41, 5.74) is 0.973. The molecule has 5 heteroatoms. The molecule has 0 aliphatic carbocycles. The van der Waals surface area contributed by atoms with Crippen LogP contribution in [-0.4, -0.2) is 35.0 Å². The van der Waals surface area contributed by atoms with E-state index in [1.54, 1.807) is 0 Å². The molecule has 2 aromatic heterocycles. The fourth-order valence-electron chi connectivity index (χ4n) is 1.95. The van der Waals surface area contributed by atoms with Crippen LogP contribution in [0.5, 0.6) is 5.75 Å². The van der Waals surface area contributed by atoms with Crippen LogP contribution in [-0.2, 0) is 0 Å². The van der Waals surface area contributed by atoms with Gasteiger partial charge in [0.2, 0.25) is 0 Å². The van der Waals surface area contributed by atoms with Crippen molar-refractivity contribution in [3.63, 3.8) is 0 Å². The number of anilines is 2. The third-order valence-electron chi connectivity index (χ3n) is 3.15. The molecule has 2 rings (SSSR count). The van der Waals surface area contributed by atoms with Crippen LogP contribution in [0.2, 0.25) is 14.8 Å². The number of nitrogens with zero attached hydrogens (tertiary/aromatic N) is 2. The Bertz CT molecular complexity index is 623. The summed E-state index contributed by atoms with van der Waals surface area (Å²) in [4.78, 5) is 16.1. The SMILES string of the molecule is CCOc1c[c]([Sn]([CH3])([CH3])[CH3])cnc1Nc1cccc(C)n1. The molecule has 112 valence electrons. The minimum absolute atomic E-state index is 0.626. The summed E-state index contributed by atoms with van der Waals surface area (Å²) in [6.07, 6.45) is 1.98. The molecule has 0 spiro atoms. The Morgan fingerprint density at radius 2 is 2.00 bits per heavy atom. The number of hydrogen-bond donors (Lipinski definition) is 1. The van der Waals surface area contributed by atoms with E-state index in [1.165, 1.54) is 3.58 Å². The first-order chi connectivity index (χ1) is 9.90. The molecule has 2 aromatic rings. The Morgan fingerprint density at radius 1 is 1.24 bits per heavy atom. The molecule has 1 N–H and O–H groups in total. The van der Waals surface area contributed by atoms with Crippen molar-refractivity contribution in [2.45, 2.75) is 28.7 Å². The van der Waals surface area contributed by atoms with Crippen LogP contribution in [0, 0.1) is 6.92 Å². The quantitative estimate of drug-likeness (QED) is 0.792. The molecule has 0 fully saturated rings. The molecule has 0 bridgehead atoms. The molecule has 0 radical (unpaired) electrons. The first kappa shape index (κ1) is 16.1. The summed E-state index contributed by atoms with van der Waals surface area (Å²) < 4.78 is 7.11. The third-order valence-corrected chi connectivity index (χ3v) is 8.88. The Morgan fingerprint density at radius 3 is 2.62 bits per heavy atom. The molecule has 0 aliphatic rings. The van der Waals surface area contributed by atoms with E-state index in [0.29, 0.717) is 6.61 Å². The summed E-state index contributed by atoms with van der Waals surface area (Å²) in [5.74, 6) is 2.33. The molecule has 0 unspecified atom stereocenters. The van der Waals surface area contributed by atoms with Crippen molar-refractivity contribution >= 4 is 33.6 Å². The van der Waals surface area contributed by atoms with Gasteiger partial charge in [0.25, 0.3) is 0 Å². The van der Waals surface area contributed by atoms with Gasteiger partial charge in [0, 0.05) is 0 Å². The van der Waals surface area contributed by atoms with Gasteiger partial charge in [0.15, 0.2) is 0 Å². The molecule has 0 atom stereocenters. The van der Waals surface area contributed by atoms with E-state index >= 15 is 0 Å². The second kappa shape index (κ2) is 6.64. The number of rotatable bonds is 5. The summed E-state index contributed by atoms with van der Waals surface area (Å²) in [5, 5.41) is 3.25. The van der Waals surface area contributed by atoms with E-state index in [0.717, 1.165) is 23.1 Å². The van der Waals surface area contributed by atoms with E-state index in [9.17, 15) is 0 Å². The Kier molecular flexibility index (Phi) is 5.08. The van der Waals surface area contributed by atoms with Crippen LogP contribution in [0.25, 0.3) is 0 Å². The molecular formula is C16H23N3OSn. The Labute approximate surface area is 130 Å². The third kappa shape index (κ3) is 4.33. The first-order valence-corrected chi connectivity index (χ1v) is 17.2. The van der Waals surface area contributed by atoms with E-state index in [4.69, 9.17) is 4.74 Å². The number of aromatic nitrogens is 2. The van der Waals surface area contributed by atoms with Gasteiger partial charge < -0.3 is 0 Å². The monoisotopic (exact) mass is 393 g/mol. The van der Waals surface area contributed by atoms with Crippen LogP contribution < -0.4 is 13.6 Å². The number of nitrogens with one attached hydrogen (secondary N) is 1. The first-order valence-electron chi connectivity index (χ1n) is 7.24. The summed E-state index contributed by atoms with van der Waals surface area (Å²) >= 11 is -2.14. The number of hydrogen-bond acceptors (Lipinski definition) is 4. The van der Waals surface area contributed by atoms with Crippen molar-refractivity contribution in [2.75, 3.05) is 11.9 Å². The maximum absolute atomic E-state index is 5.76. The van der Waals surface area contributed by atoms with Gasteiger partial charge in [-0.3, -0.25) is 0 Å². The second-order valence-electron chi connectivity index (χ2n) is 6.04. The zero-order valence-corrected chi connectivity index (χ0v) is 16.3. The minimum atomic E-state index is -2.14. The van der Waals surface area contributed by atoms with Gasteiger partial charge in [-0.2, -0.15) is 0 Å². The van der Waals surface area contributed by atoms with Crippen molar-refractivity contribution in [3.8, 4) is 5.75 Å². The van der Waals surface area contributed by atoms with Crippen molar-refractivity contribution in [2.24, 2.45) is 0 Å². The Balaban J connectivity index is 2.34. The predicted molar refractivity (Wildman–Crippen MR) is 90.6 cm³/mol. The van der Waals surface area contributed by atoms with E-state index in [1.807, 2.05) is 38.2 Å². The van der Waals surface area contributed by atoms with Crippen molar-refractivity contribution in [1.29, 1.82) is 0 Å². The number of ether oxygens (including phenoxy) is 1. The summed E-state index contributed by atoms with van der Waals surface area (Å²) in [6.45, 7) is 4.59. The zero-order chi connectivity index (χ0) is 15.5. The molecule has 0 saturated carbocycles. The van der Waals surface area contributed by atoms with E-state index < -0.39 is 18.4 Å². The van der Waals surface area contributed by atoms with E-state index in [-0.39, 0.29) is 0 Å². The molecule has 21 heavy (non-hydrogen) atoms. The van der Waals surface area contributed by atoms with Crippen LogP contribution in [0.1, 0.15) is 12.6 Å². The maximum atomic E-state index is 5.76. The molecule has 4 nitrogen and oxygen atoms in total.